The van der Waals surface area contributed by atoms with E-state index in [0.29, 0.717) is 23.6 Å². The zero-order chi connectivity index (χ0) is 22.7. The second-order valence-electron chi connectivity index (χ2n) is 6.92. The largest absolute Gasteiger partial charge is 0.489 e. The van der Waals surface area contributed by atoms with Crippen molar-refractivity contribution in [2.45, 2.75) is 6.61 Å². The molecule has 0 aromatic heterocycles. The van der Waals surface area contributed by atoms with E-state index >= 15 is 0 Å². The van der Waals surface area contributed by atoms with Crippen LogP contribution in [0.3, 0.4) is 0 Å². The van der Waals surface area contributed by atoms with Crippen molar-refractivity contribution in [3.8, 4) is 5.75 Å². The fourth-order valence-corrected chi connectivity index (χ4v) is 3.62. The Labute approximate surface area is 201 Å². The molecule has 3 aromatic rings. The molecule has 1 aliphatic rings. The molecule has 0 bridgehead atoms. The number of nitrogens with one attached hydrogen (secondary N) is 1. The van der Waals surface area contributed by atoms with E-state index < -0.39 is 17.8 Å². The minimum absolute atomic E-state index is 0.141. The number of urea groups is 1. The average Bonchev–Trinajstić information content (AvgIpc) is 2.78. The summed E-state index contributed by atoms with van der Waals surface area (Å²) in [5, 5.41) is 2.22. The number of anilines is 1. The van der Waals surface area contributed by atoms with Gasteiger partial charge in [-0.05, 0) is 65.7 Å². The summed E-state index contributed by atoms with van der Waals surface area (Å²) >= 11 is 6.72. The lowest BCUT2D eigenvalue weighted by Crippen LogP contribution is -2.54. The molecule has 1 saturated heterocycles. The van der Waals surface area contributed by atoms with Crippen LogP contribution >= 0.6 is 31.9 Å². The Balaban J connectivity index is 1.56. The highest BCUT2D eigenvalue weighted by atomic mass is 79.9. The Hall–Kier alpha value is -3.23. The van der Waals surface area contributed by atoms with E-state index in [1.165, 1.54) is 6.08 Å². The number of ether oxygens (including phenoxy) is 1. The summed E-state index contributed by atoms with van der Waals surface area (Å²) < 4.78 is 7.63. The molecule has 3 aromatic carbocycles. The maximum absolute atomic E-state index is 13.0. The summed E-state index contributed by atoms with van der Waals surface area (Å²) in [4.78, 5) is 38.6. The number of imide groups is 2. The Kier molecular flexibility index (Phi) is 6.53. The molecule has 0 spiro atoms. The number of amides is 4. The van der Waals surface area contributed by atoms with Gasteiger partial charge in [-0.2, -0.15) is 0 Å². The number of carbonyl (C=O) groups is 3. The zero-order valence-corrected chi connectivity index (χ0v) is 19.7. The molecule has 0 saturated carbocycles. The number of halogens is 2. The Morgan fingerprint density at radius 3 is 2.22 bits per heavy atom. The molecule has 1 aliphatic heterocycles. The molecule has 1 fully saturated rings. The number of hydrogen-bond donors (Lipinski definition) is 1. The summed E-state index contributed by atoms with van der Waals surface area (Å²) in [6.45, 7) is 0.374. The average molecular weight is 556 g/mol. The summed E-state index contributed by atoms with van der Waals surface area (Å²) in [6.07, 6.45) is 1.45. The standard InChI is InChI=1S/C24H16Br2N2O4/c25-17-6-4-15(5-7-17)14-32-20-3-1-2-16(12-20)13-21-22(29)27-24(31)28(23(21)30)19-10-8-18(26)9-11-19/h1-13H,14H2,(H,27,29,31)/b21-13-. The van der Waals surface area contributed by atoms with Gasteiger partial charge in [0.1, 0.15) is 17.9 Å². The van der Waals surface area contributed by atoms with Gasteiger partial charge in [-0.1, -0.05) is 56.1 Å². The van der Waals surface area contributed by atoms with Gasteiger partial charge in [-0.3, -0.25) is 14.9 Å². The lowest BCUT2D eigenvalue weighted by atomic mass is 10.1. The molecule has 4 rings (SSSR count). The van der Waals surface area contributed by atoms with E-state index in [2.05, 4.69) is 37.2 Å². The first-order valence-electron chi connectivity index (χ1n) is 9.55. The number of nitrogens with zero attached hydrogens (tertiary/aromatic N) is 1. The summed E-state index contributed by atoms with van der Waals surface area (Å²) in [6, 6.07) is 20.7. The molecule has 1 heterocycles. The van der Waals surface area contributed by atoms with Gasteiger partial charge in [-0.25, -0.2) is 9.69 Å². The Morgan fingerprint density at radius 1 is 0.875 bits per heavy atom. The van der Waals surface area contributed by atoms with E-state index in [1.54, 1.807) is 48.5 Å². The van der Waals surface area contributed by atoms with Crippen LogP contribution in [0.4, 0.5) is 10.5 Å². The van der Waals surface area contributed by atoms with E-state index in [9.17, 15) is 14.4 Å². The maximum Gasteiger partial charge on any atom is 0.335 e. The van der Waals surface area contributed by atoms with E-state index in [1.807, 2.05) is 24.3 Å². The van der Waals surface area contributed by atoms with Gasteiger partial charge in [-0.15, -0.1) is 0 Å². The van der Waals surface area contributed by atoms with Crippen molar-refractivity contribution < 1.29 is 19.1 Å². The first-order chi connectivity index (χ1) is 15.4. The molecule has 1 N–H and O–H groups in total. The fraction of sp³-hybridized carbons (Fsp3) is 0.0417. The molecule has 0 atom stereocenters. The van der Waals surface area contributed by atoms with Crippen LogP contribution in [-0.2, 0) is 16.2 Å². The highest BCUT2D eigenvalue weighted by Gasteiger charge is 2.36. The minimum Gasteiger partial charge on any atom is -0.489 e. The van der Waals surface area contributed by atoms with Gasteiger partial charge < -0.3 is 4.74 Å². The maximum atomic E-state index is 13.0. The van der Waals surface area contributed by atoms with Gasteiger partial charge in [0, 0.05) is 8.95 Å². The Bertz CT molecular complexity index is 1220. The SMILES string of the molecule is O=C1NC(=O)N(c2ccc(Br)cc2)C(=O)/C1=C\c1cccc(OCc2ccc(Br)cc2)c1. The van der Waals surface area contributed by atoms with Crippen molar-refractivity contribution in [1.82, 2.24) is 5.32 Å². The molecule has 6 nitrogen and oxygen atoms in total. The highest BCUT2D eigenvalue weighted by molar-refractivity contribution is 9.10. The molecular weight excluding hydrogens is 540 g/mol. The van der Waals surface area contributed by atoms with E-state index in [-0.39, 0.29) is 5.57 Å². The monoisotopic (exact) mass is 554 g/mol. The zero-order valence-electron chi connectivity index (χ0n) is 16.5. The predicted octanol–water partition coefficient (Wildman–Crippen LogP) is 5.46. The number of hydrogen-bond acceptors (Lipinski definition) is 4. The van der Waals surface area contributed by atoms with Gasteiger partial charge in [0.25, 0.3) is 11.8 Å². The van der Waals surface area contributed by atoms with Crippen molar-refractivity contribution in [2.24, 2.45) is 0 Å². The highest BCUT2D eigenvalue weighted by Crippen LogP contribution is 2.25. The predicted molar refractivity (Wildman–Crippen MR) is 128 cm³/mol. The van der Waals surface area contributed by atoms with Crippen LogP contribution in [-0.4, -0.2) is 17.8 Å². The second-order valence-corrected chi connectivity index (χ2v) is 8.75. The van der Waals surface area contributed by atoms with Crippen molar-refractivity contribution in [2.75, 3.05) is 4.90 Å². The molecule has 4 amide bonds. The van der Waals surface area contributed by atoms with Gasteiger partial charge >= 0.3 is 6.03 Å². The normalized spacial score (nSPS) is 15.1. The first-order valence-corrected chi connectivity index (χ1v) is 11.1. The third kappa shape index (κ3) is 4.98. The van der Waals surface area contributed by atoms with E-state index in [4.69, 9.17) is 4.74 Å². The minimum atomic E-state index is -0.786. The van der Waals surface area contributed by atoms with Gasteiger partial charge in [0.05, 0.1) is 5.69 Å². The van der Waals surface area contributed by atoms with Gasteiger partial charge in [0.15, 0.2) is 0 Å². The lowest BCUT2D eigenvalue weighted by molar-refractivity contribution is -0.122. The van der Waals surface area contributed by atoms with E-state index in [0.717, 1.165) is 19.4 Å². The number of benzene rings is 3. The Morgan fingerprint density at radius 2 is 1.53 bits per heavy atom. The summed E-state index contributed by atoms with van der Waals surface area (Å²) in [5.74, 6) is -0.844. The third-order valence-electron chi connectivity index (χ3n) is 4.67. The van der Waals surface area contributed by atoms with Crippen LogP contribution in [0, 0.1) is 0 Å². The molecular formula is C24H16Br2N2O4. The van der Waals surface area contributed by atoms with Crippen LogP contribution < -0.4 is 15.0 Å². The molecule has 0 aliphatic carbocycles. The smallest absolute Gasteiger partial charge is 0.335 e. The van der Waals surface area contributed by atoms with Crippen LogP contribution in [0.15, 0.2) is 87.3 Å². The van der Waals surface area contributed by atoms with Crippen molar-refractivity contribution in [1.29, 1.82) is 0 Å². The summed E-state index contributed by atoms with van der Waals surface area (Å²) in [7, 11) is 0. The molecule has 0 radical (unpaired) electrons. The second kappa shape index (κ2) is 9.50. The van der Waals surface area contributed by atoms with Crippen LogP contribution in [0.25, 0.3) is 6.08 Å². The van der Waals surface area contributed by atoms with Crippen LogP contribution in [0.1, 0.15) is 11.1 Å². The quantitative estimate of drug-likeness (QED) is 0.335. The number of barbiturate groups is 1. The van der Waals surface area contributed by atoms with Crippen molar-refractivity contribution in [3.63, 3.8) is 0 Å². The molecule has 32 heavy (non-hydrogen) atoms. The van der Waals surface area contributed by atoms with Crippen LogP contribution in [0.5, 0.6) is 5.75 Å². The molecule has 0 unspecified atom stereocenters. The number of rotatable bonds is 5. The topological polar surface area (TPSA) is 75.7 Å². The first kappa shape index (κ1) is 22.0. The van der Waals surface area contributed by atoms with Gasteiger partial charge in [0.2, 0.25) is 0 Å². The van der Waals surface area contributed by atoms with Crippen molar-refractivity contribution in [3.05, 3.63) is 98.4 Å². The lowest BCUT2D eigenvalue weighted by Gasteiger charge is -2.26. The van der Waals surface area contributed by atoms with Crippen molar-refractivity contribution >= 4 is 61.5 Å². The number of carbonyl (C=O) groups excluding carboxylic acids is 3. The molecule has 8 heteroatoms. The van der Waals surface area contributed by atoms with Crippen LogP contribution in [0.2, 0.25) is 0 Å². The fourth-order valence-electron chi connectivity index (χ4n) is 3.09. The summed E-state index contributed by atoms with van der Waals surface area (Å²) in [5.41, 5.74) is 1.82. The third-order valence-corrected chi connectivity index (χ3v) is 5.73. The molecule has 160 valence electrons.